The van der Waals surface area contributed by atoms with E-state index < -0.39 is 6.10 Å². The molecule has 0 radical (unpaired) electrons. The topological polar surface area (TPSA) is 29.5 Å². The van der Waals surface area contributed by atoms with Gasteiger partial charge in [0.2, 0.25) is 0 Å². The molecule has 0 heterocycles. The fourth-order valence-electron chi connectivity index (χ4n) is 2.35. The molecule has 0 aliphatic rings. The Morgan fingerprint density at radius 3 is 2.20 bits per heavy atom. The van der Waals surface area contributed by atoms with E-state index in [0.29, 0.717) is 6.61 Å². The Kier molecular flexibility index (Phi) is 4.46. The molecule has 0 aliphatic carbocycles. The standard InChI is InChI=1S/C18H22O2/c1-5-20-17-11-10-16(13(3)14(17)4)18(19)15-8-6-12(2)7-9-15/h6-11,18-19H,5H2,1-4H3. The normalized spacial score (nSPS) is 12.2. The third-order valence-corrected chi connectivity index (χ3v) is 3.77. The van der Waals surface area contributed by atoms with E-state index >= 15 is 0 Å². The van der Waals surface area contributed by atoms with E-state index in [1.165, 1.54) is 5.56 Å². The van der Waals surface area contributed by atoms with E-state index in [4.69, 9.17) is 4.74 Å². The van der Waals surface area contributed by atoms with Gasteiger partial charge in [0.15, 0.2) is 0 Å². The molecule has 106 valence electrons. The number of hydrogen-bond acceptors (Lipinski definition) is 2. The van der Waals surface area contributed by atoms with Gasteiger partial charge >= 0.3 is 0 Å². The van der Waals surface area contributed by atoms with Crippen molar-refractivity contribution in [2.75, 3.05) is 6.61 Å². The summed E-state index contributed by atoms with van der Waals surface area (Å²) in [6.07, 6.45) is -0.593. The lowest BCUT2D eigenvalue weighted by molar-refractivity contribution is 0.219. The first-order valence-electron chi connectivity index (χ1n) is 7.02. The molecule has 2 aromatic carbocycles. The monoisotopic (exact) mass is 270 g/mol. The third kappa shape index (κ3) is 2.86. The van der Waals surface area contributed by atoms with Gasteiger partial charge in [-0.25, -0.2) is 0 Å². The third-order valence-electron chi connectivity index (χ3n) is 3.77. The molecule has 1 N–H and O–H groups in total. The van der Waals surface area contributed by atoms with Gasteiger partial charge in [0.1, 0.15) is 11.9 Å². The molecule has 0 aliphatic heterocycles. The highest BCUT2D eigenvalue weighted by Crippen LogP contribution is 2.31. The quantitative estimate of drug-likeness (QED) is 0.906. The molecular formula is C18H22O2. The molecule has 1 atom stereocenters. The highest BCUT2D eigenvalue weighted by molar-refractivity contribution is 5.46. The summed E-state index contributed by atoms with van der Waals surface area (Å²) in [6, 6.07) is 11.9. The molecule has 0 fully saturated rings. The van der Waals surface area contributed by atoms with Gasteiger partial charge in [0, 0.05) is 0 Å². The molecule has 2 rings (SSSR count). The first-order chi connectivity index (χ1) is 9.54. The maximum atomic E-state index is 10.6. The molecule has 2 aromatic rings. The van der Waals surface area contributed by atoms with Crippen LogP contribution in [-0.2, 0) is 0 Å². The molecule has 20 heavy (non-hydrogen) atoms. The lowest BCUT2D eigenvalue weighted by Crippen LogP contribution is -2.05. The van der Waals surface area contributed by atoms with Crippen molar-refractivity contribution < 1.29 is 9.84 Å². The maximum Gasteiger partial charge on any atom is 0.122 e. The molecule has 1 unspecified atom stereocenters. The fraction of sp³-hybridized carbons (Fsp3) is 0.333. The SMILES string of the molecule is CCOc1ccc(C(O)c2ccc(C)cc2)c(C)c1C. The minimum absolute atomic E-state index is 0.593. The molecule has 0 saturated carbocycles. The highest BCUT2D eigenvalue weighted by atomic mass is 16.5. The van der Waals surface area contributed by atoms with Gasteiger partial charge in [-0.2, -0.15) is 0 Å². The first-order valence-corrected chi connectivity index (χ1v) is 7.02. The summed E-state index contributed by atoms with van der Waals surface area (Å²) in [7, 11) is 0. The van der Waals surface area contributed by atoms with E-state index in [1.807, 2.05) is 64.1 Å². The number of rotatable bonds is 4. The van der Waals surface area contributed by atoms with Crippen molar-refractivity contribution in [3.63, 3.8) is 0 Å². The van der Waals surface area contributed by atoms with Gasteiger partial charge < -0.3 is 9.84 Å². The summed E-state index contributed by atoms with van der Waals surface area (Å²) in [5.41, 5.74) is 5.23. The minimum Gasteiger partial charge on any atom is -0.494 e. The summed E-state index contributed by atoms with van der Waals surface area (Å²) in [5, 5.41) is 10.6. The van der Waals surface area contributed by atoms with Gasteiger partial charge in [-0.1, -0.05) is 35.9 Å². The Bertz CT molecular complexity index is 585. The number of ether oxygens (including phenoxy) is 1. The predicted molar refractivity (Wildman–Crippen MR) is 82.3 cm³/mol. The Balaban J connectivity index is 2.37. The van der Waals surface area contributed by atoms with Crippen LogP contribution in [0.2, 0.25) is 0 Å². The van der Waals surface area contributed by atoms with Gasteiger partial charge in [-0.3, -0.25) is 0 Å². The molecular weight excluding hydrogens is 248 g/mol. The zero-order chi connectivity index (χ0) is 14.7. The van der Waals surface area contributed by atoms with Crippen LogP contribution in [0.4, 0.5) is 0 Å². The molecule has 2 heteroatoms. The van der Waals surface area contributed by atoms with E-state index in [2.05, 4.69) is 0 Å². The number of aliphatic hydroxyl groups excluding tert-OH is 1. The van der Waals surface area contributed by atoms with Crippen molar-refractivity contribution in [2.24, 2.45) is 0 Å². The zero-order valence-corrected chi connectivity index (χ0v) is 12.6. The number of hydrogen-bond donors (Lipinski definition) is 1. The summed E-state index contributed by atoms with van der Waals surface area (Å²) in [5.74, 6) is 0.893. The summed E-state index contributed by atoms with van der Waals surface area (Å²) in [6.45, 7) is 8.74. The first kappa shape index (κ1) is 14.6. The Labute approximate surface area is 121 Å². The average Bonchev–Trinajstić information content (AvgIpc) is 2.44. The Morgan fingerprint density at radius 2 is 1.60 bits per heavy atom. The van der Waals surface area contributed by atoms with Gasteiger partial charge in [0.25, 0.3) is 0 Å². The van der Waals surface area contributed by atoms with Crippen LogP contribution in [-0.4, -0.2) is 11.7 Å². The van der Waals surface area contributed by atoms with E-state index in [1.54, 1.807) is 0 Å². The van der Waals surface area contributed by atoms with E-state index in [9.17, 15) is 5.11 Å². The van der Waals surface area contributed by atoms with Crippen molar-refractivity contribution in [3.8, 4) is 5.75 Å². The van der Waals surface area contributed by atoms with Crippen LogP contribution >= 0.6 is 0 Å². The van der Waals surface area contributed by atoms with Crippen LogP contribution in [0.25, 0.3) is 0 Å². The second-order valence-electron chi connectivity index (χ2n) is 5.15. The van der Waals surface area contributed by atoms with E-state index in [0.717, 1.165) is 28.0 Å². The molecule has 0 aromatic heterocycles. The van der Waals surface area contributed by atoms with Crippen LogP contribution in [0.3, 0.4) is 0 Å². The molecule has 0 saturated heterocycles. The Morgan fingerprint density at radius 1 is 0.950 bits per heavy atom. The van der Waals surface area contributed by atoms with E-state index in [-0.39, 0.29) is 0 Å². The summed E-state index contributed by atoms with van der Waals surface area (Å²) >= 11 is 0. The van der Waals surface area contributed by atoms with Crippen LogP contribution in [0.5, 0.6) is 5.75 Å². The van der Waals surface area contributed by atoms with Crippen molar-refractivity contribution in [3.05, 3.63) is 64.2 Å². The fourth-order valence-corrected chi connectivity index (χ4v) is 2.35. The van der Waals surface area contributed by atoms with Gasteiger partial charge in [0.05, 0.1) is 6.61 Å². The zero-order valence-electron chi connectivity index (χ0n) is 12.6. The number of aryl methyl sites for hydroxylation is 1. The van der Waals surface area contributed by atoms with Crippen molar-refractivity contribution >= 4 is 0 Å². The smallest absolute Gasteiger partial charge is 0.122 e. The average molecular weight is 270 g/mol. The molecule has 0 spiro atoms. The number of aliphatic hydroxyl groups is 1. The maximum absolute atomic E-state index is 10.6. The Hall–Kier alpha value is -1.80. The van der Waals surface area contributed by atoms with Gasteiger partial charge in [-0.15, -0.1) is 0 Å². The largest absolute Gasteiger partial charge is 0.494 e. The highest BCUT2D eigenvalue weighted by Gasteiger charge is 2.15. The second-order valence-corrected chi connectivity index (χ2v) is 5.15. The molecule has 2 nitrogen and oxygen atoms in total. The summed E-state index contributed by atoms with van der Waals surface area (Å²) < 4.78 is 5.59. The minimum atomic E-state index is -0.593. The summed E-state index contributed by atoms with van der Waals surface area (Å²) in [4.78, 5) is 0. The molecule has 0 bridgehead atoms. The number of benzene rings is 2. The second kappa shape index (κ2) is 6.10. The lowest BCUT2D eigenvalue weighted by atomic mass is 9.94. The van der Waals surface area contributed by atoms with Crippen LogP contribution < -0.4 is 4.74 Å². The van der Waals surface area contributed by atoms with Crippen LogP contribution in [0.1, 0.15) is 40.8 Å². The van der Waals surface area contributed by atoms with Crippen molar-refractivity contribution in [2.45, 2.75) is 33.8 Å². The molecule has 0 amide bonds. The van der Waals surface area contributed by atoms with Gasteiger partial charge in [-0.05, 0) is 56.0 Å². The van der Waals surface area contributed by atoms with Crippen molar-refractivity contribution in [1.29, 1.82) is 0 Å². The predicted octanol–water partition coefficient (Wildman–Crippen LogP) is 4.09. The lowest BCUT2D eigenvalue weighted by Gasteiger charge is -2.18. The van der Waals surface area contributed by atoms with Crippen molar-refractivity contribution in [1.82, 2.24) is 0 Å². The van der Waals surface area contributed by atoms with Crippen LogP contribution in [0, 0.1) is 20.8 Å². The van der Waals surface area contributed by atoms with Crippen LogP contribution in [0.15, 0.2) is 36.4 Å².